The van der Waals surface area contributed by atoms with Gasteiger partial charge in [-0.05, 0) is 36.7 Å². The molecular formula is C18H27N3. The van der Waals surface area contributed by atoms with E-state index in [1.54, 1.807) is 0 Å². The van der Waals surface area contributed by atoms with Crippen molar-refractivity contribution in [3.8, 4) is 0 Å². The van der Waals surface area contributed by atoms with E-state index in [1.165, 1.54) is 44.1 Å². The van der Waals surface area contributed by atoms with E-state index in [1.807, 2.05) is 7.05 Å². The second-order valence-electron chi connectivity index (χ2n) is 6.45. The lowest BCUT2D eigenvalue weighted by molar-refractivity contribution is 0.410. The first-order chi connectivity index (χ1) is 10.4. The maximum Gasteiger partial charge on any atom is 0.191 e. The summed E-state index contributed by atoms with van der Waals surface area (Å²) in [6.07, 6.45) is 7.98. The Bertz CT molecular complexity index is 463. The zero-order valence-electron chi connectivity index (χ0n) is 13.0. The molecule has 2 saturated carbocycles. The zero-order valence-corrected chi connectivity index (χ0v) is 13.0. The number of nitrogens with zero attached hydrogens (tertiary/aromatic N) is 1. The summed E-state index contributed by atoms with van der Waals surface area (Å²) in [7, 11) is 1.87. The Morgan fingerprint density at radius 1 is 1.14 bits per heavy atom. The molecule has 21 heavy (non-hydrogen) atoms. The van der Waals surface area contributed by atoms with E-state index in [9.17, 15) is 0 Å². The van der Waals surface area contributed by atoms with E-state index in [-0.39, 0.29) is 0 Å². The molecule has 2 atom stereocenters. The summed E-state index contributed by atoms with van der Waals surface area (Å²) < 4.78 is 0. The summed E-state index contributed by atoms with van der Waals surface area (Å²) >= 11 is 0. The van der Waals surface area contributed by atoms with Gasteiger partial charge in [0.25, 0.3) is 0 Å². The molecule has 1 aromatic carbocycles. The van der Waals surface area contributed by atoms with E-state index in [0.29, 0.717) is 6.04 Å². The molecule has 0 aliphatic heterocycles. The smallest absolute Gasteiger partial charge is 0.191 e. The minimum Gasteiger partial charge on any atom is -0.356 e. The molecule has 0 aromatic heterocycles. The lowest BCUT2D eigenvalue weighted by Crippen LogP contribution is -2.44. The number of nitrogens with one attached hydrogen (secondary N) is 2. The molecule has 2 aliphatic carbocycles. The van der Waals surface area contributed by atoms with Crippen LogP contribution in [0.15, 0.2) is 35.3 Å². The van der Waals surface area contributed by atoms with Crippen LogP contribution in [0.3, 0.4) is 0 Å². The average Bonchev–Trinajstić information content (AvgIpc) is 3.33. The highest BCUT2D eigenvalue weighted by atomic mass is 15.2. The van der Waals surface area contributed by atoms with Gasteiger partial charge in [-0.3, -0.25) is 4.99 Å². The minimum absolute atomic E-state index is 0.620. The molecule has 2 unspecified atom stereocenters. The van der Waals surface area contributed by atoms with Crippen molar-refractivity contribution in [1.29, 1.82) is 0 Å². The number of benzene rings is 1. The third-order valence-corrected chi connectivity index (χ3v) is 4.85. The van der Waals surface area contributed by atoms with Crippen LogP contribution in [0.1, 0.15) is 50.0 Å². The van der Waals surface area contributed by atoms with Crippen LogP contribution in [0, 0.1) is 5.92 Å². The van der Waals surface area contributed by atoms with E-state index < -0.39 is 0 Å². The summed E-state index contributed by atoms with van der Waals surface area (Å²) in [5.41, 5.74) is 1.49. The highest BCUT2D eigenvalue weighted by molar-refractivity contribution is 5.80. The van der Waals surface area contributed by atoms with E-state index in [2.05, 4.69) is 46.0 Å². The molecule has 0 spiro atoms. The Morgan fingerprint density at radius 3 is 2.62 bits per heavy atom. The van der Waals surface area contributed by atoms with Gasteiger partial charge in [0.1, 0.15) is 0 Å². The molecule has 3 nitrogen and oxygen atoms in total. The largest absolute Gasteiger partial charge is 0.356 e. The van der Waals surface area contributed by atoms with E-state index in [0.717, 1.165) is 24.3 Å². The summed E-state index contributed by atoms with van der Waals surface area (Å²) in [6, 6.07) is 11.5. The van der Waals surface area contributed by atoms with Gasteiger partial charge in [0.2, 0.25) is 0 Å². The van der Waals surface area contributed by atoms with Gasteiger partial charge < -0.3 is 10.6 Å². The standard InChI is InChI=1S/C18H27N3/c1-19-18(21-16-10-6-3-7-11-16)20-13-15-12-17(15)14-8-4-2-5-9-14/h2,4-5,8-9,15-17H,3,6-7,10-13H2,1H3,(H2,19,20,21). The molecule has 2 N–H and O–H groups in total. The Labute approximate surface area is 128 Å². The molecule has 0 radical (unpaired) electrons. The van der Waals surface area contributed by atoms with Crippen molar-refractivity contribution in [2.75, 3.05) is 13.6 Å². The van der Waals surface area contributed by atoms with Crippen LogP contribution in [0.2, 0.25) is 0 Å². The number of hydrogen-bond donors (Lipinski definition) is 2. The second-order valence-corrected chi connectivity index (χ2v) is 6.45. The average molecular weight is 285 g/mol. The monoisotopic (exact) mass is 285 g/mol. The molecule has 114 valence electrons. The fourth-order valence-corrected chi connectivity index (χ4v) is 3.44. The maximum atomic E-state index is 4.37. The first kappa shape index (κ1) is 14.4. The van der Waals surface area contributed by atoms with Crippen molar-refractivity contribution in [3.63, 3.8) is 0 Å². The van der Waals surface area contributed by atoms with Crippen molar-refractivity contribution in [1.82, 2.24) is 10.6 Å². The van der Waals surface area contributed by atoms with Crippen LogP contribution >= 0.6 is 0 Å². The predicted molar refractivity (Wildman–Crippen MR) is 88.7 cm³/mol. The predicted octanol–water partition coefficient (Wildman–Crippen LogP) is 3.29. The van der Waals surface area contributed by atoms with Gasteiger partial charge in [0.15, 0.2) is 5.96 Å². The van der Waals surface area contributed by atoms with Crippen LogP contribution in [-0.2, 0) is 0 Å². The normalized spacial score (nSPS) is 26.4. The molecule has 2 aliphatic rings. The first-order valence-electron chi connectivity index (χ1n) is 8.39. The van der Waals surface area contributed by atoms with Crippen LogP contribution < -0.4 is 10.6 Å². The highest BCUT2D eigenvalue weighted by Crippen LogP contribution is 2.46. The fraction of sp³-hybridized carbons (Fsp3) is 0.611. The Kier molecular flexibility index (Phi) is 4.79. The second kappa shape index (κ2) is 6.97. The van der Waals surface area contributed by atoms with Crippen LogP contribution in [-0.4, -0.2) is 25.6 Å². The Balaban J connectivity index is 1.42. The Morgan fingerprint density at radius 2 is 1.90 bits per heavy atom. The fourth-order valence-electron chi connectivity index (χ4n) is 3.44. The molecule has 0 heterocycles. The third-order valence-electron chi connectivity index (χ3n) is 4.85. The number of aliphatic imine (C=N–C) groups is 1. The molecule has 2 fully saturated rings. The van der Waals surface area contributed by atoms with Crippen molar-refractivity contribution >= 4 is 5.96 Å². The molecule has 0 saturated heterocycles. The molecule has 0 amide bonds. The van der Waals surface area contributed by atoms with Gasteiger partial charge in [0.05, 0.1) is 0 Å². The summed E-state index contributed by atoms with van der Waals surface area (Å²) in [4.78, 5) is 4.37. The van der Waals surface area contributed by atoms with Gasteiger partial charge in [-0.15, -0.1) is 0 Å². The van der Waals surface area contributed by atoms with Gasteiger partial charge in [-0.1, -0.05) is 49.6 Å². The lowest BCUT2D eigenvalue weighted by Gasteiger charge is -2.24. The molecule has 3 heteroatoms. The summed E-state index contributed by atoms with van der Waals surface area (Å²) in [5.74, 6) is 2.49. The molecule has 0 bridgehead atoms. The minimum atomic E-state index is 0.620. The van der Waals surface area contributed by atoms with Gasteiger partial charge >= 0.3 is 0 Å². The first-order valence-corrected chi connectivity index (χ1v) is 8.39. The molecule has 1 aromatic rings. The van der Waals surface area contributed by atoms with Gasteiger partial charge in [-0.25, -0.2) is 0 Å². The van der Waals surface area contributed by atoms with Crippen molar-refractivity contribution in [3.05, 3.63) is 35.9 Å². The van der Waals surface area contributed by atoms with Crippen molar-refractivity contribution in [2.45, 2.75) is 50.5 Å². The number of hydrogen-bond acceptors (Lipinski definition) is 1. The van der Waals surface area contributed by atoms with Crippen LogP contribution in [0.4, 0.5) is 0 Å². The maximum absolute atomic E-state index is 4.37. The van der Waals surface area contributed by atoms with Gasteiger partial charge in [0, 0.05) is 19.6 Å². The SMILES string of the molecule is CN=C(NCC1CC1c1ccccc1)NC1CCCCC1. The third kappa shape index (κ3) is 3.99. The van der Waals surface area contributed by atoms with E-state index >= 15 is 0 Å². The van der Waals surface area contributed by atoms with Crippen LogP contribution in [0.5, 0.6) is 0 Å². The topological polar surface area (TPSA) is 36.4 Å². The number of guanidine groups is 1. The summed E-state index contributed by atoms with van der Waals surface area (Å²) in [6.45, 7) is 1.03. The van der Waals surface area contributed by atoms with Crippen molar-refractivity contribution in [2.24, 2.45) is 10.9 Å². The van der Waals surface area contributed by atoms with Gasteiger partial charge in [-0.2, -0.15) is 0 Å². The quantitative estimate of drug-likeness (QED) is 0.658. The molecule has 3 rings (SSSR count). The lowest BCUT2D eigenvalue weighted by atomic mass is 9.96. The highest BCUT2D eigenvalue weighted by Gasteiger charge is 2.37. The van der Waals surface area contributed by atoms with Crippen molar-refractivity contribution < 1.29 is 0 Å². The Hall–Kier alpha value is -1.51. The zero-order chi connectivity index (χ0) is 14.5. The van der Waals surface area contributed by atoms with E-state index in [4.69, 9.17) is 0 Å². The summed E-state index contributed by atoms with van der Waals surface area (Å²) in [5, 5.41) is 7.10. The number of rotatable bonds is 4. The molecular weight excluding hydrogens is 258 g/mol. The van der Waals surface area contributed by atoms with Crippen LogP contribution in [0.25, 0.3) is 0 Å².